The van der Waals surface area contributed by atoms with E-state index in [0.717, 1.165) is 5.56 Å². The van der Waals surface area contributed by atoms with Crippen LogP contribution in [0.5, 0.6) is 0 Å². The molecule has 1 rings (SSSR count). The maximum absolute atomic E-state index is 11.5. The Kier molecular flexibility index (Phi) is 5.70. The van der Waals surface area contributed by atoms with Crippen LogP contribution in [0.15, 0.2) is 30.3 Å². The van der Waals surface area contributed by atoms with Crippen molar-refractivity contribution in [3.05, 3.63) is 35.9 Å². The molecule has 1 aromatic carbocycles. The van der Waals surface area contributed by atoms with Crippen LogP contribution in [-0.4, -0.2) is 25.1 Å². The van der Waals surface area contributed by atoms with E-state index in [2.05, 4.69) is 10.6 Å². The summed E-state index contributed by atoms with van der Waals surface area (Å²) in [5.41, 5.74) is 0.903. The molecule has 98 valence electrons. The van der Waals surface area contributed by atoms with Crippen LogP contribution in [0.3, 0.4) is 0 Å². The number of amides is 2. The lowest BCUT2D eigenvalue weighted by molar-refractivity contribution is -0.122. The summed E-state index contributed by atoms with van der Waals surface area (Å²) in [6.45, 7) is 2.01. The highest BCUT2D eigenvalue weighted by molar-refractivity contribution is 5.85. The van der Waals surface area contributed by atoms with E-state index < -0.39 is 12.1 Å². The van der Waals surface area contributed by atoms with Gasteiger partial charge in [0.25, 0.3) is 0 Å². The lowest BCUT2D eigenvalue weighted by Crippen LogP contribution is -2.45. The molecule has 18 heavy (non-hydrogen) atoms. The summed E-state index contributed by atoms with van der Waals surface area (Å²) < 4.78 is 5.03. The first kappa shape index (κ1) is 14.0. The minimum atomic E-state index is -0.589. The van der Waals surface area contributed by atoms with Crippen LogP contribution in [0.4, 0.5) is 4.79 Å². The van der Waals surface area contributed by atoms with Gasteiger partial charge in [-0.3, -0.25) is 4.79 Å². The fraction of sp³-hybridized carbons (Fsp3) is 0.385. The van der Waals surface area contributed by atoms with Gasteiger partial charge in [-0.25, -0.2) is 4.79 Å². The summed E-state index contributed by atoms with van der Waals surface area (Å²) in [4.78, 5) is 22.9. The van der Waals surface area contributed by atoms with Gasteiger partial charge in [0, 0.05) is 7.05 Å². The molecule has 1 unspecified atom stereocenters. The number of hydrogen-bond acceptors (Lipinski definition) is 3. The maximum Gasteiger partial charge on any atom is 0.408 e. The minimum absolute atomic E-state index is 0.191. The predicted molar refractivity (Wildman–Crippen MR) is 67.9 cm³/mol. The van der Waals surface area contributed by atoms with E-state index in [9.17, 15) is 9.59 Å². The van der Waals surface area contributed by atoms with Crippen LogP contribution in [0.25, 0.3) is 0 Å². The standard InChI is InChI=1S/C13H18N2O3/c1-3-11(12(16)14-2)15-13(17)18-9-10-7-5-4-6-8-10/h4-8,11H,3,9H2,1-2H3,(H,14,16)(H,15,17). The Balaban J connectivity index is 2.39. The first-order chi connectivity index (χ1) is 8.67. The molecule has 1 atom stereocenters. The van der Waals surface area contributed by atoms with Gasteiger partial charge in [-0.15, -0.1) is 0 Å². The highest BCUT2D eigenvalue weighted by Crippen LogP contribution is 2.01. The molecule has 0 radical (unpaired) electrons. The van der Waals surface area contributed by atoms with Crippen molar-refractivity contribution in [1.29, 1.82) is 0 Å². The number of carbonyl (C=O) groups excluding carboxylic acids is 2. The molecule has 0 aliphatic rings. The van der Waals surface area contributed by atoms with Gasteiger partial charge in [0.2, 0.25) is 5.91 Å². The molecule has 0 bridgehead atoms. The first-order valence-electron chi connectivity index (χ1n) is 5.86. The molecule has 0 aliphatic heterocycles. The number of likely N-dealkylation sites (N-methyl/N-ethyl adjacent to an activating group) is 1. The van der Waals surface area contributed by atoms with Crippen LogP contribution in [-0.2, 0) is 16.1 Å². The third kappa shape index (κ3) is 4.45. The van der Waals surface area contributed by atoms with Crippen molar-refractivity contribution < 1.29 is 14.3 Å². The molecule has 1 aromatic rings. The largest absolute Gasteiger partial charge is 0.445 e. The Morgan fingerprint density at radius 2 is 1.94 bits per heavy atom. The van der Waals surface area contributed by atoms with E-state index in [1.165, 1.54) is 7.05 Å². The van der Waals surface area contributed by atoms with E-state index in [1.807, 2.05) is 37.3 Å². The average molecular weight is 250 g/mol. The summed E-state index contributed by atoms with van der Waals surface area (Å²) in [6.07, 6.45) is -0.0746. The molecular weight excluding hydrogens is 232 g/mol. The first-order valence-corrected chi connectivity index (χ1v) is 5.86. The number of carbonyl (C=O) groups is 2. The van der Waals surface area contributed by atoms with E-state index >= 15 is 0 Å². The zero-order valence-corrected chi connectivity index (χ0v) is 10.6. The van der Waals surface area contributed by atoms with Crippen molar-refractivity contribution in [2.24, 2.45) is 0 Å². The maximum atomic E-state index is 11.5. The molecule has 0 saturated heterocycles. The lowest BCUT2D eigenvalue weighted by Gasteiger charge is -2.15. The molecule has 0 aliphatic carbocycles. The van der Waals surface area contributed by atoms with Gasteiger partial charge in [-0.05, 0) is 12.0 Å². The van der Waals surface area contributed by atoms with Crippen molar-refractivity contribution in [1.82, 2.24) is 10.6 Å². The van der Waals surface area contributed by atoms with Gasteiger partial charge >= 0.3 is 6.09 Å². The SMILES string of the molecule is CCC(NC(=O)OCc1ccccc1)C(=O)NC. The van der Waals surface area contributed by atoms with Crippen molar-refractivity contribution >= 4 is 12.0 Å². The predicted octanol–water partition coefficient (Wildman–Crippen LogP) is 1.44. The van der Waals surface area contributed by atoms with Crippen molar-refractivity contribution in [2.45, 2.75) is 26.0 Å². The molecule has 0 heterocycles. The third-order valence-electron chi connectivity index (χ3n) is 2.48. The van der Waals surface area contributed by atoms with Gasteiger partial charge < -0.3 is 15.4 Å². The Labute approximate surface area is 107 Å². The highest BCUT2D eigenvalue weighted by Gasteiger charge is 2.17. The van der Waals surface area contributed by atoms with Gasteiger partial charge in [-0.2, -0.15) is 0 Å². The van der Waals surface area contributed by atoms with Crippen LogP contribution < -0.4 is 10.6 Å². The normalized spacial score (nSPS) is 11.4. The zero-order chi connectivity index (χ0) is 13.4. The topological polar surface area (TPSA) is 67.4 Å². The third-order valence-corrected chi connectivity index (χ3v) is 2.48. The van der Waals surface area contributed by atoms with E-state index in [1.54, 1.807) is 0 Å². The van der Waals surface area contributed by atoms with Crippen LogP contribution in [0, 0.1) is 0 Å². The van der Waals surface area contributed by atoms with Gasteiger partial charge in [0.15, 0.2) is 0 Å². The number of alkyl carbamates (subject to hydrolysis) is 1. The van der Waals surface area contributed by atoms with Crippen LogP contribution in [0.2, 0.25) is 0 Å². The Morgan fingerprint density at radius 3 is 2.50 bits per heavy atom. The summed E-state index contributed by atoms with van der Waals surface area (Å²) in [7, 11) is 1.53. The fourth-order valence-electron chi connectivity index (χ4n) is 1.43. The average Bonchev–Trinajstić information content (AvgIpc) is 2.42. The monoisotopic (exact) mass is 250 g/mol. The molecule has 0 saturated carbocycles. The number of benzene rings is 1. The smallest absolute Gasteiger partial charge is 0.408 e. The summed E-state index contributed by atoms with van der Waals surface area (Å²) >= 11 is 0. The van der Waals surface area contributed by atoms with E-state index in [-0.39, 0.29) is 12.5 Å². The van der Waals surface area contributed by atoms with Gasteiger partial charge in [0.05, 0.1) is 0 Å². The Morgan fingerprint density at radius 1 is 1.28 bits per heavy atom. The number of ether oxygens (including phenoxy) is 1. The zero-order valence-electron chi connectivity index (χ0n) is 10.6. The minimum Gasteiger partial charge on any atom is -0.445 e. The van der Waals surface area contributed by atoms with Crippen LogP contribution in [0.1, 0.15) is 18.9 Å². The molecule has 5 heteroatoms. The number of nitrogens with one attached hydrogen (secondary N) is 2. The second-order valence-electron chi connectivity index (χ2n) is 3.78. The molecule has 2 amide bonds. The number of rotatable bonds is 5. The molecule has 0 aromatic heterocycles. The highest BCUT2D eigenvalue weighted by atomic mass is 16.5. The molecule has 5 nitrogen and oxygen atoms in total. The van der Waals surface area contributed by atoms with Crippen molar-refractivity contribution in [2.75, 3.05) is 7.05 Å². The van der Waals surface area contributed by atoms with E-state index in [4.69, 9.17) is 4.74 Å². The van der Waals surface area contributed by atoms with Crippen LogP contribution >= 0.6 is 0 Å². The summed E-state index contributed by atoms with van der Waals surface area (Å²) in [5, 5.41) is 5.00. The lowest BCUT2D eigenvalue weighted by atomic mass is 10.2. The summed E-state index contributed by atoms with van der Waals surface area (Å²) in [5.74, 6) is -0.228. The van der Waals surface area contributed by atoms with Gasteiger partial charge in [0.1, 0.15) is 12.6 Å². The Hall–Kier alpha value is -2.04. The Bertz CT molecular complexity index is 392. The second kappa shape index (κ2) is 7.32. The fourth-order valence-corrected chi connectivity index (χ4v) is 1.43. The van der Waals surface area contributed by atoms with Crippen molar-refractivity contribution in [3.8, 4) is 0 Å². The molecule has 0 fully saturated rings. The van der Waals surface area contributed by atoms with Crippen molar-refractivity contribution in [3.63, 3.8) is 0 Å². The number of hydrogen-bond donors (Lipinski definition) is 2. The second-order valence-corrected chi connectivity index (χ2v) is 3.78. The molecule has 0 spiro atoms. The van der Waals surface area contributed by atoms with E-state index in [0.29, 0.717) is 6.42 Å². The van der Waals surface area contributed by atoms with Gasteiger partial charge in [-0.1, -0.05) is 37.3 Å². The summed E-state index contributed by atoms with van der Waals surface area (Å²) in [6, 6.07) is 8.80. The molecule has 2 N–H and O–H groups in total. The quantitative estimate of drug-likeness (QED) is 0.831. The molecular formula is C13H18N2O3.